The Bertz CT molecular complexity index is 1090. The van der Waals surface area contributed by atoms with Gasteiger partial charge in [-0.2, -0.15) is 0 Å². The van der Waals surface area contributed by atoms with Crippen molar-refractivity contribution in [3.63, 3.8) is 0 Å². The van der Waals surface area contributed by atoms with Crippen molar-refractivity contribution in [2.24, 2.45) is 0 Å². The van der Waals surface area contributed by atoms with Crippen molar-refractivity contribution in [3.8, 4) is 5.69 Å². The van der Waals surface area contributed by atoms with Crippen molar-refractivity contribution >= 4 is 33.4 Å². The molecule has 0 aliphatic rings. The molecule has 0 unspecified atom stereocenters. The molecule has 138 valence electrons. The highest BCUT2D eigenvalue weighted by molar-refractivity contribution is 5.85. The fraction of sp³-hybridized carbons (Fsp3) is 0.143. The van der Waals surface area contributed by atoms with Gasteiger partial charge >= 0.3 is 0 Å². The summed E-state index contributed by atoms with van der Waals surface area (Å²) in [6, 6.07) is 22.1. The molecule has 3 aromatic carbocycles. The lowest BCUT2D eigenvalue weighted by Crippen LogP contribution is -3.00. The molecule has 0 atom stereocenters. The first-order valence-corrected chi connectivity index (χ1v) is 8.60. The third-order valence-corrected chi connectivity index (χ3v) is 4.57. The zero-order valence-corrected chi connectivity index (χ0v) is 15.8. The van der Waals surface area contributed by atoms with E-state index >= 15 is 0 Å². The average molecular weight is 381 g/mol. The lowest BCUT2D eigenvalue weighted by molar-refractivity contribution is -0.538. The lowest BCUT2D eigenvalue weighted by Gasteiger charge is -2.17. The zero-order chi connectivity index (χ0) is 18.1. The van der Waals surface area contributed by atoms with Gasteiger partial charge < -0.3 is 28.1 Å². The number of aliphatic hydroxyl groups is 1. The van der Waals surface area contributed by atoms with Crippen molar-refractivity contribution < 1.29 is 22.1 Å². The van der Waals surface area contributed by atoms with E-state index in [4.69, 9.17) is 10.7 Å². The first kappa shape index (κ1) is 18.9. The Hall–Kier alpha value is -2.89. The van der Waals surface area contributed by atoms with E-state index in [2.05, 4.69) is 22.8 Å². The fourth-order valence-corrected chi connectivity index (χ4v) is 3.23. The number of hydrogen-bond acceptors (Lipinski definition) is 4. The number of aliphatic hydroxyl groups excluding tert-OH is 1. The van der Waals surface area contributed by atoms with Gasteiger partial charge in [-0.25, -0.2) is 4.98 Å². The quantitative estimate of drug-likeness (QED) is 0.289. The predicted octanol–water partition coefficient (Wildman–Crippen LogP) is -0.321. The zero-order valence-electron chi connectivity index (χ0n) is 15.0. The van der Waals surface area contributed by atoms with Crippen LogP contribution in [0.3, 0.4) is 0 Å². The summed E-state index contributed by atoms with van der Waals surface area (Å²) in [4.78, 5) is 6.83. The van der Waals surface area contributed by atoms with E-state index in [-0.39, 0.29) is 19.0 Å². The molecule has 4 aromatic rings. The SMILES string of the molecule is CN(CCO)c1ccc2nc3ccc(N)cc3[n+](-c3ccccc3)c2c1.[Cl-]. The number of para-hydroxylation sites is 1. The molecule has 0 aliphatic carbocycles. The molecule has 5 nitrogen and oxygen atoms in total. The predicted molar refractivity (Wildman–Crippen MR) is 106 cm³/mol. The summed E-state index contributed by atoms with van der Waals surface area (Å²) < 4.78 is 2.18. The van der Waals surface area contributed by atoms with Crippen LogP contribution in [0, 0.1) is 0 Å². The molecular weight excluding hydrogens is 360 g/mol. The molecular formula is C21H21ClN4O. The number of nitrogen functional groups attached to an aromatic ring is 1. The maximum atomic E-state index is 9.24. The number of likely N-dealkylation sites (N-methyl/N-ethyl adjacent to an activating group) is 1. The molecule has 0 saturated heterocycles. The van der Waals surface area contributed by atoms with E-state index in [9.17, 15) is 5.11 Å². The normalized spacial score (nSPS) is 10.7. The highest BCUT2D eigenvalue weighted by atomic mass is 35.5. The number of fused-ring (bicyclic) bond motifs is 2. The van der Waals surface area contributed by atoms with Crippen molar-refractivity contribution in [3.05, 3.63) is 66.7 Å². The summed E-state index contributed by atoms with van der Waals surface area (Å²) >= 11 is 0. The second-order valence-electron chi connectivity index (χ2n) is 6.35. The standard InChI is InChI=1S/C21H20N4O.ClH/c1-24(11-12-26)17-8-10-19-21(14-17)25(16-5-3-2-4-6-16)20-13-15(22)7-9-18(20)23-19;/h2-10,13-14,22,26H,11-12H2,1H3;1H. The summed E-state index contributed by atoms with van der Waals surface area (Å²) in [5, 5.41) is 9.24. The van der Waals surface area contributed by atoms with Gasteiger partial charge in [0.2, 0.25) is 16.7 Å². The number of anilines is 2. The molecule has 0 bridgehead atoms. The van der Waals surface area contributed by atoms with E-state index in [1.165, 1.54) is 0 Å². The van der Waals surface area contributed by atoms with Crippen LogP contribution < -0.4 is 27.6 Å². The minimum absolute atomic E-state index is 0. The van der Waals surface area contributed by atoms with Crippen LogP contribution in [0.15, 0.2) is 66.7 Å². The largest absolute Gasteiger partial charge is 1.00 e. The number of nitrogens with zero attached hydrogens (tertiary/aromatic N) is 3. The van der Waals surface area contributed by atoms with E-state index in [1.54, 1.807) is 0 Å². The molecule has 6 heteroatoms. The van der Waals surface area contributed by atoms with Crippen LogP contribution in [-0.2, 0) is 0 Å². The molecule has 0 amide bonds. The van der Waals surface area contributed by atoms with Crippen LogP contribution in [0.4, 0.5) is 11.4 Å². The molecule has 1 heterocycles. The van der Waals surface area contributed by atoms with Crippen LogP contribution in [-0.4, -0.2) is 30.3 Å². The molecule has 1 aromatic heterocycles. The molecule has 4 rings (SSSR count). The third kappa shape index (κ3) is 3.52. The van der Waals surface area contributed by atoms with Crippen LogP contribution >= 0.6 is 0 Å². The molecule has 0 aliphatic heterocycles. The molecule has 27 heavy (non-hydrogen) atoms. The number of rotatable bonds is 4. The Morgan fingerprint density at radius 3 is 2.33 bits per heavy atom. The van der Waals surface area contributed by atoms with Crippen molar-refractivity contribution in [1.29, 1.82) is 0 Å². The number of benzene rings is 3. The number of halogens is 1. The second-order valence-corrected chi connectivity index (χ2v) is 6.35. The topological polar surface area (TPSA) is 66.3 Å². The van der Waals surface area contributed by atoms with Crippen LogP contribution in [0.1, 0.15) is 0 Å². The van der Waals surface area contributed by atoms with Gasteiger partial charge in [0.25, 0.3) is 0 Å². The first-order chi connectivity index (χ1) is 12.7. The first-order valence-electron chi connectivity index (χ1n) is 8.60. The molecule has 0 fully saturated rings. The number of aromatic nitrogens is 2. The summed E-state index contributed by atoms with van der Waals surface area (Å²) in [6.07, 6.45) is 0. The fourth-order valence-electron chi connectivity index (χ4n) is 3.23. The van der Waals surface area contributed by atoms with Crippen LogP contribution in [0.25, 0.3) is 27.8 Å². The smallest absolute Gasteiger partial charge is 0.239 e. The van der Waals surface area contributed by atoms with Crippen LogP contribution in [0.5, 0.6) is 0 Å². The minimum atomic E-state index is 0. The Morgan fingerprint density at radius 2 is 1.63 bits per heavy atom. The Labute approximate surface area is 164 Å². The lowest BCUT2D eigenvalue weighted by atomic mass is 10.2. The third-order valence-electron chi connectivity index (χ3n) is 4.57. The molecule has 0 saturated carbocycles. The highest BCUT2D eigenvalue weighted by Crippen LogP contribution is 2.23. The summed E-state index contributed by atoms with van der Waals surface area (Å²) in [5.74, 6) is 0. The van der Waals surface area contributed by atoms with Gasteiger partial charge in [0, 0.05) is 49.2 Å². The monoisotopic (exact) mass is 380 g/mol. The van der Waals surface area contributed by atoms with Crippen molar-refractivity contribution in [2.45, 2.75) is 0 Å². The Morgan fingerprint density at radius 1 is 0.963 bits per heavy atom. The maximum Gasteiger partial charge on any atom is 0.239 e. The van der Waals surface area contributed by atoms with Gasteiger partial charge in [-0.05, 0) is 24.3 Å². The molecule has 0 radical (unpaired) electrons. The molecule has 0 spiro atoms. The van der Waals surface area contributed by atoms with Gasteiger partial charge in [0.05, 0.1) is 6.61 Å². The van der Waals surface area contributed by atoms with Crippen molar-refractivity contribution in [2.75, 3.05) is 30.8 Å². The summed E-state index contributed by atoms with van der Waals surface area (Å²) in [7, 11) is 1.97. The summed E-state index contributed by atoms with van der Waals surface area (Å²) in [5.41, 5.74) is 12.6. The van der Waals surface area contributed by atoms with E-state index < -0.39 is 0 Å². The Balaban J connectivity index is 0.00000210. The summed E-state index contributed by atoms with van der Waals surface area (Å²) in [6.45, 7) is 0.685. The van der Waals surface area contributed by atoms with Crippen molar-refractivity contribution in [1.82, 2.24) is 4.98 Å². The Kier molecular flexibility index (Phi) is 5.44. The van der Waals surface area contributed by atoms with Gasteiger partial charge in [0.15, 0.2) is 0 Å². The number of nitrogens with two attached hydrogens (primary N) is 1. The maximum absolute atomic E-state index is 9.24. The van der Waals surface area contributed by atoms with Gasteiger partial charge in [-0.3, -0.25) is 0 Å². The van der Waals surface area contributed by atoms with Gasteiger partial charge in [0.1, 0.15) is 11.0 Å². The van der Waals surface area contributed by atoms with E-state index in [0.29, 0.717) is 12.2 Å². The van der Waals surface area contributed by atoms with Crippen LogP contribution in [0.2, 0.25) is 0 Å². The minimum Gasteiger partial charge on any atom is -1.00 e. The molecule has 3 N–H and O–H groups in total. The van der Waals surface area contributed by atoms with E-state index in [1.807, 2.05) is 60.5 Å². The average Bonchev–Trinajstić information content (AvgIpc) is 2.66. The van der Waals surface area contributed by atoms with Gasteiger partial charge in [-0.1, -0.05) is 18.2 Å². The highest BCUT2D eigenvalue weighted by Gasteiger charge is 2.20. The second kappa shape index (κ2) is 7.78. The number of hydrogen-bond donors (Lipinski definition) is 2. The van der Waals surface area contributed by atoms with Gasteiger partial charge in [-0.15, -0.1) is 4.57 Å². The van der Waals surface area contributed by atoms with E-state index in [0.717, 1.165) is 33.4 Å².